The summed E-state index contributed by atoms with van der Waals surface area (Å²) in [5.74, 6) is 0.826. The largest absolute Gasteiger partial charge is 0.327 e. The zero-order valence-corrected chi connectivity index (χ0v) is 13.3. The number of rotatable bonds is 2. The van der Waals surface area contributed by atoms with Crippen molar-refractivity contribution in [1.29, 1.82) is 0 Å². The molecule has 0 spiro atoms. The number of para-hydroxylation sites is 1. The van der Waals surface area contributed by atoms with Crippen LogP contribution in [0.3, 0.4) is 0 Å². The van der Waals surface area contributed by atoms with Crippen molar-refractivity contribution in [3.8, 4) is 0 Å². The maximum atomic E-state index is 4.58. The van der Waals surface area contributed by atoms with E-state index in [1.807, 2.05) is 61.6 Å². The number of hydrogen-bond donors (Lipinski definition) is 0. The maximum Gasteiger partial charge on any atom is 0.162 e. The average Bonchev–Trinajstić information content (AvgIpc) is 2.80. The normalized spacial score (nSPS) is 13.6. The van der Waals surface area contributed by atoms with Crippen LogP contribution in [0.5, 0.6) is 0 Å². The van der Waals surface area contributed by atoms with E-state index in [0.29, 0.717) is 0 Å². The van der Waals surface area contributed by atoms with Crippen LogP contribution < -0.4 is 4.90 Å². The minimum Gasteiger partial charge on any atom is -0.327 e. The van der Waals surface area contributed by atoms with Crippen molar-refractivity contribution in [3.05, 3.63) is 95.8 Å². The van der Waals surface area contributed by atoms with E-state index in [4.69, 9.17) is 0 Å². The molecule has 3 aromatic rings. The third-order valence-corrected chi connectivity index (χ3v) is 4.07. The van der Waals surface area contributed by atoms with Gasteiger partial charge in [-0.15, -0.1) is 10.2 Å². The summed E-state index contributed by atoms with van der Waals surface area (Å²) < 4.78 is 0. The quantitative estimate of drug-likeness (QED) is 0.723. The molecule has 0 N–H and O–H groups in total. The van der Waals surface area contributed by atoms with E-state index in [1.165, 1.54) is 0 Å². The summed E-state index contributed by atoms with van der Waals surface area (Å²) in [6.07, 6.45) is 3.55. The van der Waals surface area contributed by atoms with E-state index in [9.17, 15) is 0 Å². The highest BCUT2D eigenvalue weighted by Gasteiger charge is 2.21. The average molecular weight is 312 g/mol. The molecule has 116 valence electrons. The number of benzene rings is 2. The second-order valence-electron chi connectivity index (χ2n) is 5.55. The van der Waals surface area contributed by atoms with Crippen LogP contribution in [-0.2, 0) is 0 Å². The highest BCUT2D eigenvalue weighted by Crippen LogP contribution is 2.27. The Morgan fingerprint density at radius 1 is 0.708 bits per heavy atom. The predicted octanol–water partition coefficient (Wildman–Crippen LogP) is 3.73. The Bertz CT molecular complexity index is 915. The summed E-state index contributed by atoms with van der Waals surface area (Å²) in [5.41, 5.74) is 5.03. The number of nitrogens with zero attached hydrogens (tertiary/aromatic N) is 4. The SMILES string of the molecule is CN1C(c2ccccc2)=NN=C(c2ccncc2)c2ccccc21. The molecular weight excluding hydrogens is 296 g/mol. The van der Waals surface area contributed by atoms with Gasteiger partial charge in [-0.3, -0.25) is 4.98 Å². The van der Waals surface area contributed by atoms with Gasteiger partial charge in [-0.2, -0.15) is 0 Å². The first-order valence-electron chi connectivity index (χ1n) is 7.79. The van der Waals surface area contributed by atoms with Gasteiger partial charge in [-0.05, 0) is 18.2 Å². The molecule has 1 aromatic heterocycles. The zero-order valence-electron chi connectivity index (χ0n) is 13.3. The number of anilines is 1. The Kier molecular flexibility index (Phi) is 3.63. The molecule has 1 aliphatic heterocycles. The van der Waals surface area contributed by atoms with E-state index >= 15 is 0 Å². The molecular formula is C20H16N4. The van der Waals surface area contributed by atoms with Crippen LogP contribution in [-0.4, -0.2) is 23.6 Å². The monoisotopic (exact) mass is 312 g/mol. The number of fused-ring (bicyclic) bond motifs is 1. The van der Waals surface area contributed by atoms with Gasteiger partial charge < -0.3 is 4.90 Å². The van der Waals surface area contributed by atoms with Crippen molar-refractivity contribution < 1.29 is 0 Å². The van der Waals surface area contributed by atoms with Gasteiger partial charge in [0.05, 0.1) is 5.69 Å². The fourth-order valence-electron chi connectivity index (χ4n) is 2.86. The van der Waals surface area contributed by atoms with E-state index in [-0.39, 0.29) is 0 Å². The molecule has 0 saturated carbocycles. The highest BCUT2D eigenvalue weighted by atomic mass is 15.3. The maximum absolute atomic E-state index is 4.58. The van der Waals surface area contributed by atoms with Crippen molar-refractivity contribution in [3.63, 3.8) is 0 Å². The van der Waals surface area contributed by atoms with Gasteiger partial charge in [0, 0.05) is 36.1 Å². The third kappa shape index (κ3) is 2.48. The molecule has 4 heteroatoms. The standard InChI is InChI=1S/C20H16N4/c1-24-18-10-6-5-9-17(18)19(15-11-13-21-14-12-15)22-23-20(24)16-7-3-2-4-8-16/h2-14H,1H3. The van der Waals surface area contributed by atoms with Crippen molar-refractivity contribution in [1.82, 2.24) is 4.98 Å². The lowest BCUT2D eigenvalue weighted by molar-refractivity contribution is 1.18. The van der Waals surface area contributed by atoms with E-state index in [2.05, 4.69) is 32.2 Å². The first kappa shape index (κ1) is 14.3. The van der Waals surface area contributed by atoms with E-state index < -0.39 is 0 Å². The molecule has 2 aromatic carbocycles. The molecule has 0 radical (unpaired) electrons. The molecule has 1 aliphatic rings. The summed E-state index contributed by atoms with van der Waals surface area (Å²) in [6.45, 7) is 0. The van der Waals surface area contributed by atoms with Gasteiger partial charge >= 0.3 is 0 Å². The molecule has 0 saturated heterocycles. The summed E-state index contributed by atoms with van der Waals surface area (Å²) >= 11 is 0. The Hall–Kier alpha value is -3.27. The Balaban J connectivity index is 1.93. The van der Waals surface area contributed by atoms with E-state index in [0.717, 1.165) is 33.9 Å². The summed E-state index contributed by atoms with van der Waals surface area (Å²) in [6, 6.07) is 22.3. The summed E-state index contributed by atoms with van der Waals surface area (Å²) in [4.78, 5) is 6.18. The molecule has 0 aliphatic carbocycles. The van der Waals surface area contributed by atoms with Crippen LogP contribution in [0.2, 0.25) is 0 Å². The number of hydrogen-bond acceptors (Lipinski definition) is 4. The summed E-state index contributed by atoms with van der Waals surface area (Å²) in [5, 5.41) is 9.14. The lowest BCUT2D eigenvalue weighted by Gasteiger charge is -2.21. The number of aromatic nitrogens is 1. The second-order valence-corrected chi connectivity index (χ2v) is 5.55. The Labute approximate surface area is 140 Å². The van der Waals surface area contributed by atoms with Gasteiger partial charge in [0.25, 0.3) is 0 Å². The van der Waals surface area contributed by atoms with Gasteiger partial charge in [-0.25, -0.2) is 0 Å². The molecule has 0 bridgehead atoms. The fourth-order valence-corrected chi connectivity index (χ4v) is 2.86. The Morgan fingerprint density at radius 3 is 2.21 bits per heavy atom. The minimum absolute atomic E-state index is 0.826. The molecule has 0 amide bonds. The molecule has 0 fully saturated rings. The fraction of sp³-hybridized carbons (Fsp3) is 0.0500. The van der Waals surface area contributed by atoms with Crippen LogP contribution >= 0.6 is 0 Å². The molecule has 24 heavy (non-hydrogen) atoms. The smallest absolute Gasteiger partial charge is 0.162 e. The topological polar surface area (TPSA) is 40.9 Å². The minimum atomic E-state index is 0.826. The third-order valence-electron chi connectivity index (χ3n) is 4.07. The van der Waals surface area contributed by atoms with Gasteiger partial charge in [-0.1, -0.05) is 48.5 Å². The van der Waals surface area contributed by atoms with Gasteiger partial charge in [0.15, 0.2) is 5.84 Å². The molecule has 0 unspecified atom stereocenters. The van der Waals surface area contributed by atoms with Crippen molar-refractivity contribution >= 4 is 17.2 Å². The first-order chi connectivity index (χ1) is 11.8. The van der Waals surface area contributed by atoms with Crippen molar-refractivity contribution in [2.45, 2.75) is 0 Å². The Morgan fingerprint density at radius 2 is 1.42 bits per heavy atom. The van der Waals surface area contributed by atoms with Crippen LogP contribution in [0, 0.1) is 0 Å². The highest BCUT2D eigenvalue weighted by molar-refractivity contribution is 6.21. The lowest BCUT2D eigenvalue weighted by atomic mass is 10.0. The molecule has 2 heterocycles. The second kappa shape index (κ2) is 6.08. The zero-order chi connectivity index (χ0) is 16.4. The lowest BCUT2D eigenvalue weighted by Crippen LogP contribution is -2.27. The van der Waals surface area contributed by atoms with Crippen molar-refractivity contribution in [2.24, 2.45) is 10.2 Å². The number of amidine groups is 1. The van der Waals surface area contributed by atoms with Crippen LogP contribution in [0.1, 0.15) is 16.7 Å². The predicted molar refractivity (Wildman–Crippen MR) is 97.7 cm³/mol. The number of pyridine rings is 1. The van der Waals surface area contributed by atoms with Crippen LogP contribution in [0.25, 0.3) is 0 Å². The summed E-state index contributed by atoms with van der Waals surface area (Å²) in [7, 11) is 2.02. The van der Waals surface area contributed by atoms with Crippen LogP contribution in [0.4, 0.5) is 5.69 Å². The van der Waals surface area contributed by atoms with Crippen molar-refractivity contribution in [2.75, 3.05) is 11.9 Å². The molecule has 4 nitrogen and oxygen atoms in total. The molecule has 4 rings (SSSR count). The first-order valence-corrected chi connectivity index (χ1v) is 7.79. The van der Waals surface area contributed by atoms with Gasteiger partial charge in [0.2, 0.25) is 0 Å². The molecule has 0 atom stereocenters. The van der Waals surface area contributed by atoms with Gasteiger partial charge in [0.1, 0.15) is 5.71 Å². The van der Waals surface area contributed by atoms with Crippen LogP contribution in [0.15, 0.2) is 89.3 Å². The van der Waals surface area contributed by atoms with E-state index in [1.54, 1.807) is 12.4 Å².